The molecule has 2 aromatic carbocycles. The molecule has 2 aliphatic rings. The van der Waals surface area contributed by atoms with Crippen LogP contribution < -0.4 is 0 Å². The van der Waals surface area contributed by atoms with E-state index in [1.165, 1.54) is 11.1 Å². The van der Waals surface area contributed by atoms with Crippen LogP contribution in [0.1, 0.15) is 62.0 Å². The van der Waals surface area contributed by atoms with Crippen molar-refractivity contribution in [2.24, 2.45) is 5.92 Å². The molecule has 0 unspecified atom stereocenters. The summed E-state index contributed by atoms with van der Waals surface area (Å²) in [6.45, 7) is 7.27. The van der Waals surface area contributed by atoms with Crippen molar-refractivity contribution < 1.29 is 28.9 Å². The van der Waals surface area contributed by atoms with Gasteiger partial charge in [-0.05, 0) is 81.0 Å². The van der Waals surface area contributed by atoms with Gasteiger partial charge in [-0.2, -0.15) is 0 Å². The van der Waals surface area contributed by atoms with Crippen LogP contribution in [0.3, 0.4) is 0 Å². The summed E-state index contributed by atoms with van der Waals surface area (Å²) >= 11 is 0. The highest BCUT2D eigenvalue weighted by Crippen LogP contribution is 2.36. The van der Waals surface area contributed by atoms with Gasteiger partial charge in [0.1, 0.15) is 12.7 Å². The number of fused-ring (bicyclic) bond motifs is 1. The minimum Gasteiger partial charge on any atom is -0.480 e. The van der Waals surface area contributed by atoms with Crippen LogP contribution in [0.4, 0.5) is 4.79 Å². The average Bonchev–Trinajstić information content (AvgIpc) is 3.44. The molecular formula is C30H39NO6. The molecule has 1 heterocycles. The van der Waals surface area contributed by atoms with E-state index in [1.54, 1.807) is 0 Å². The maximum atomic E-state index is 12.8. The fourth-order valence-electron chi connectivity index (χ4n) is 5.74. The Balaban J connectivity index is 1.26. The molecule has 1 N–H and O–H groups in total. The number of rotatable bonds is 13. The third kappa shape index (κ3) is 7.11. The van der Waals surface area contributed by atoms with Gasteiger partial charge < -0.3 is 19.3 Å². The number of aliphatic carboxylic acids is 1. The Bertz CT molecular complexity index is 1060. The number of ether oxygens (including phenoxy) is 3. The number of carbonyl (C=O) groups is 2. The lowest BCUT2D eigenvalue weighted by Crippen LogP contribution is -2.46. The molecule has 2 aromatic rings. The molecule has 0 spiro atoms. The summed E-state index contributed by atoms with van der Waals surface area (Å²) in [5.74, 6) is -0.428. The third-order valence-corrected chi connectivity index (χ3v) is 7.51. The first-order valence-electron chi connectivity index (χ1n) is 13.3. The van der Waals surface area contributed by atoms with E-state index < -0.39 is 5.97 Å². The molecule has 1 saturated heterocycles. The Morgan fingerprint density at radius 3 is 2.51 bits per heavy atom. The van der Waals surface area contributed by atoms with Gasteiger partial charge in [-0.3, -0.25) is 4.90 Å². The van der Waals surface area contributed by atoms with E-state index in [-0.39, 0.29) is 30.4 Å². The van der Waals surface area contributed by atoms with Crippen LogP contribution in [0.15, 0.2) is 48.5 Å². The minimum absolute atomic E-state index is 0.158. The standard InChI is InChI=1S/C30H39NO6/c1-21(27-13-7-6-9-23(27)12-8-14-35-20-28(32)33)36-19-26-18-31(29(34)37-26)30(2,3)17-22-15-24-10-4-5-11-25(24)16-22/h4-7,9-11,13,21-22,26H,8,12,14-20H2,1-3H3,(H,32,33)/t21-,26-/m1/s1. The van der Waals surface area contributed by atoms with Crippen molar-refractivity contribution in [1.29, 1.82) is 0 Å². The van der Waals surface area contributed by atoms with Gasteiger partial charge in [0.05, 0.1) is 19.3 Å². The summed E-state index contributed by atoms with van der Waals surface area (Å²) < 4.78 is 17.0. The van der Waals surface area contributed by atoms with Crippen LogP contribution in [-0.2, 0) is 38.3 Å². The van der Waals surface area contributed by atoms with Gasteiger partial charge in [0.25, 0.3) is 0 Å². The summed E-state index contributed by atoms with van der Waals surface area (Å²) in [6, 6.07) is 16.7. The van der Waals surface area contributed by atoms with E-state index in [4.69, 9.17) is 19.3 Å². The maximum Gasteiger partial charge on any atom is 0.410 e. The molecule has 2 atom stereocenters. The van der Waals surface area contributed by atoms with Crippen LogP contribution in [0.25, 0.3) is 0 Å². The second-order valence-electron chi connectivity index (χ2n) is 10.9. The highest BCUT2D eigenvalue weighted by atomic mass is 16.6. The molecule has 1 aliphatic carbocycles. The lowest BCUT2D eigenvalue weighted by molar-refractivity contribution is -0.142. The Hall–Kier alpha value is -2.90. The summed E-state index contributed by atoms with van der Waals surface area (Å²) in [4.78, 5) is 25.3. The lowest BCUT2D eigenvalue weighted by atomic mass is 9.87. The number of cyclic esters (lactones) is 1. The van der Waals surface area contributed by atoms with Gasteiger partial charge in [-0.25, -0.2) is 9.59 Å². The Kier molecular flexibility index (Phi) is 8.87. The highest BCUT2D eigenvalue weighted by molar-refractivity contribution is 5.71. The van der Waals surface area contributed by atoms with Crippen molar-refractivity contribution >= 4 is 12.1 Å². The molecule has 7 nitrogen and oxygen atoms in total. The van der Waals surface area contributed by atoms with Gasteiger partial charge >= 0.3 is 12.1 Å². The monoisotopic (exact) mass is 509 g/mol. The largest absolute Gasteiger partial charge is 0.480 e. The van der Waals surface area contributed by atoms with E-state index in [1.807, 2.05) is 30.0 Å². The van der Waals surface area contributed by atoms with Crippen LogP contribution in [0.5, 0.6) is 0 Å². The normalized spacial score (nSPS) is 18.6. The van der Waals surface area contributed by atoms with Gasteiger partial charge in [0, 0.05) is 12.1 Å². The van der Waals surface area contributed by atoms with Gasteiger partial charge in [0.2, 0.25) is 0 Å². The number of benzene rings is 2. The first kappa shape index (κ1) is 27.1. The van der Waals surface area contributed by atoms with Crippen molar-refractivity contribution in [2.75, 3.05) is 26.4 Å². The van der Waals surface area contributed by atoms with Crippen LogP contribution in [0.2, 0.25) is 0 Å². The van der Waals surface area contributed by atoms with Crippen molar-refractivity contribution in [3.8, 4) is 0 Å². The van der Waals surface area contributed by atoms with E-state index in [0.717, 1.165) is 43.2 Å². The SMILES string of the molecule is C[C@@H](OC[C@H]1CN(C(C)(C)CC2Cc3ccccc3C2)C(=O)O1)c1ccccc1CCCOCC(=O)O. The lowest BCUT2D eigenvalue weighted by Gasteiger charge is -2.35. The summed E-state index contributed by atoms with van der Waals surface area (Å²) in [7, 11) is 0. The summed E-state index contributed by atoms with van der Waals surface area (Å²) in [5, 5.41) is 8.69. The summed E-state index contributed by atoms with van der Waals surface area (Å²) in [5.41, 5.74) is 4.81. The topological polar surface area (TPSA) is 85.3 Å². The Labute approximate surface area is 219 Å². The van der Waals surface area contributed by atoms with E-state index >= 15 is 0 Å². The molecule has 0 aromatic heterocycles. The third-order valence-electron chi connectivity index (χ3n) is 7.51. The van der Waals surface area contributed by atoms with Crippen LogP contribution >= 0.6 is 0 Å². The maximum absolute atomic E-state index is 12.8. The fourth-order valence-corrected chi connectivity index (χ4v) is 5.74. The van der Waals surface area contributed by atoms with E-state index in [0.29, 0.717) is 25.7 Å². The number of amides is 1. The van der Waals surface area contributed by atoms with Gasteiger partial charge in [0.15, 0.2) is 0 Å². The number of hydrogen-bond donors (Lipinski definition) is 1. The molecule has 1 amide bonds. The fraction of sp³-hybridized carbons (Fsp3) is 0.533. The predicted molar refractivity (Wildman–Crippen MR) is 141 cm³/mol. The molecule has 1 fully saturated rings. The number of aryl methyl sites for hydroxylation is 1. The number of nitrogens with zero attached hydrogens (tertiary/aromatic N) is 1. The summed E-state index contributed by atoms with van der Waals surface area (Å²) in [6.07, 6.45) is 3.85. The number of carboxylic acids is 1. The molecule has 1 aliphatic heterocycles. The zero-order chi connectivity index (χ0) is 26.4. The smallest absolute Gasteiger partial charge is 0.410 e. The molecule has 7 heteroatoms. The van der Waals surface area contributed by atoms with Crippen LogP contribution in [-0.4, -0.2) is 60.1 Å². The second-order valence-corrected chi connectivity index (χ2v) is 10.9. The molecule has 0 radical (unpaired) electrons. The number of carboxylic acid groups (broad SMARTS) is 1. The second kappa shape index (κ2) is 12.1. The molecular weight excluding hydrogens is 470 g/mol. The van der Waals surface area contributed by atoms with Crippen molar-refractivity contribution in [3.63, 3.8) is 0 Å². The van der Waals surface area contributed by atoms with E-state index in [2.05, 4.69) is 44.2 Å². The molecule has 0 saturated carbocycles. The van der Waals surface area contributed by atoms with E-state index in [9.17, 15) is 9.59 Å². The first-order chi connectivity index (χ1) is 17.7. The Morgan fingerprint density at radius 1 is 1.14 bits per heavy atom. The molecule has 4 rings (SSSR count). The van der Waals surface area contributed by atoms with Crippen LogP contribution in [0, 0.1) is 5.92 Å². The molecule has 0 bridgehead atoms. The Morgan fingerprint density at radius 2 is 1.81 bits per heavy atom. The predicted octanol–water partition coefficient (Wildman–Crippen LogP) is 5.20. The molecule has 200 valence electrons. The highest BCUT2D eigenvalue weighted by Gasteiger charge is 2.42. The quantitative estimate of drug-likeness (QED) is 0.374. The minimum atomic E-state index is -0.957. The first-order valence-corrected chi connectivity index (χ1v) is 13.3. The van der Waals surface area contributed by atoms with Gasteiger partial charge in [-0.1, -0.05) is 48.5 Å². The average molecular weight is 510 g/mol. The number of carbonyl (C=O) groups excluding carboxylic acids is 1. The van der Waals surface area contributed by atoms with Crippen molar-refractivity contribution in [1.82, 2.24) is 4.90 Å². The number of hydrogen-bond acceptors (Lipinski definition) is 5. The zero-order valence-electron chi connectivity index (χ0n) is 22.2. The zero-order valence-corrected chi connectivity index (χ0v) is 22.2. The molecule has 37 heavy (non-hydrogen) atoms. The van der Waals surface area contributed by atoms with Crippen molar-refractivity contribution in [3.05, 3.63) is 70.8 Å². The van der Waals surface area contributed by atoms with Gasteiger partial charge in [-0.15, -0.1) is 0 Å². The van der Waals surface area contributed by atoms with Crippen molar-refractivity contribution in [2.45, 2.75) is 70.6 Å².